The van der Waals surface area contributed by atoms with E-state index in [1.54, 1.807) is 18.3 Å². The highest BCUT2D eigenvalue weighted by molar-refractivity contribution is 6.43. The van der Waals surface area contributed by atoms with Gasteiger partial charge in [0.2, 0.25) is 0 Å². The van der Waals surface area contributed by atoms with Crippen molar-refractivity contribution in [2.45, 2.75) is 38.2 Å². The second-order valence-electron chi connectivity index (χ2n) is 9.57. The Labute approximate surface area is 229 Å². The average molecular weight is 548 g/mol. The van der Waals surface area contributed by atoms with Crippen LogP contribution >= 0.6 is 23.2 Å². The number of hydrogen-bond donors (Lipinski definition) is 1. The molecule has 0 saturated carbocycles. The van der Waals surface area contributed by atoms with Crippen LogP contribution in [0.1, 0.15) is 48.0 Å². The maximum atomic E-state index is 12.7. The van der Waals surface area contributed by atoms with E-state index in [0.717, 1.165) is 76.9 Å². The molecule has 3 atom stereocenters. The van der Waals surface area contributed by atoms with Gasteiger partial charge in [-0.05, 0) is 69.4 Å². The molecular weight excluding hydrogens is 511 g/mol. The van der Waals surface area contributed by atoms with Gasteiger partial charge in [-0.2, -0.15) is 0 Å². The van der Waals surface area contributed by atoms with Gasteiger partial charge in [0.25, 0.3) is 5.91 Å². The predicted octanol–water partition coefficient (Wildman–Crippen LogP) is 5.10. The molecule has 37 heavy (non-hydrogen) atoms. The van der Waals surface area contributed by atoms with Crippen LogP contribution < -0.4 is 10.1 Å². The van der Waals surface area contributed by atoms with Gasteiger partial charge in [0, 0.05) is 31.7 Å². The molecule has 4 bridgehead atoms. The molecule has 1 saturated heterocycles. The molecule has 9 heteroatoms. The lowest BCUT2D eigenvalue weighted by Gasteiger charge is -2.23. The van der Waals surface area contributed by atoms with Gasteiger partial charge < -0.3 is 24.7 Å². The van der Waals surface area contributed by atoms with E-state index in [1.807, 2.05) is 30.3 Å². The predicted molar refractivity (Wildman–Crippen MR) is 149 cm³/mol. The fraction of sp³-hybridized carbons (Fsp3) is 0.500. The Bertz CT molecular complexity index is 1040. The number of halogens is 2. The van der Waals surface area contributed by atoms with E-state index in [-0.39, 0.29) is 12.0 Å². The molecule has 3 unspecified atom stereocenters. The number of amides is 1. The highest BCUT2D eigenvalue weighted by Gasteiger charge is 2.19. The summed E-state index contributed by atoms with van der Waals surface area (Å²) in [6.07, 6.45) is 6.21. The number of fused-ring (bicyclic) bond motifs is 5. The number of rotatable bonds is 3. The van der Waals surface area contributed by atoms with Crippen molar-refractivity contribution < 1.29 is 14.4 Å². The highest BCUT2D eigenvalue weighted by Crippen LogP contribution is 2.33. The molecule has 2 aliphatic heterocycles. The molecule has 1 fully saturated rings. The molecule has 4 rings (SSSR count). The van der Waals surface area contributed by atoms with Gasteiger partial charge in [-0.1, -0.05) is 58.7 Å². The first-order valence-corrected chi connectivity index (χ1v) is 13.9. The van der Waals surface area contributed by atoms with Crippen LogP contribution in [0.3, 0.4) is 0 Å². The third kappa shape index (κ3) is 8.88. The van der Waals surface area contributed by atoms with Crippen LogP contribution in [-0.2, 0) is 4.84 Å². The molecule has 0 aromatic heterocycles. The Kier molecular flexibility index (Phi) is 10.9. The molecule has 1 N–H and O–H groups in total. The largest absolute Gasteiger partial charge is 0.492 e. The molecule has 2 heterocycles. The first-order valence-electron chi connectivity index (χ1n) is 13.2. The van der Waals surface area contributed by atoms with Crippen LogP contribution in [0.25, 0.3) is 0 Å². The minimum Gasteiger partial charge on any atom is -0.492 e. The molecule has 2 aromatic rings. The molecule has 0 radical (unpaired) electrons. The Morgan fingerprint density at radius 2 is 1.70 bits per heavy atom. The normalized spacial score (nSPS) is 24.3. The van der Waals surface area contributed by atoms with Crippen LogP contribution in [0.2, 0.25) is 10.0 Å². The van der Waals surface area contributed by atoms with E-state index in [2.05, 4.69) is 20.3 Å². The molecular formula is C28H36Cl2N4O3. The zero-order valence-corrected chi connectivity index (χ0v) is 22.7. The Balaban J connectivity index is 1.44. The summed E-state index contributed by atoms with van der Waals surface area (Å²) in [7, 11) is 0. The van der Waals surface area contributed by atoms with Crippen molar-refractivity contribution in [1.29, 1.82) is 0 Å². The Hall–Kier alpha value is -2.32. The van der Waals surface area contributed by atoms with Crippen molar-refractivity contribution in [2.24, 2.45) is 5.16 Å². The van der Waals surface area contributed by atoms with Gasteiger partial charge in [0.15, 0.2) is 0 Å². The molecule has 7 nitrogen and oxygen atoms in total. The second kappa shape index (κ2) is 14.6. The third-order valence-corrected chi connectivity index (χ3v) is 7.57. The quantitative estimate of drug-likeness (QED) is 0.428. The topological polar surface area (TPSA) is 66.4 Å². The van der Waals surface area contributed by atoms with Crippen molar-refractivity contribution in [3.63, 3.8) is 0 Å². The minimum absolute atomic E-state index is 0.0267. The van der Waals surface area contributed by atoms with Gasteiger partial charge in [-0.15, -0.1) is 0 Å². The first-order chi connectivity index (χ1) is 18.1. The summed E-state index contributed by atoms with van der Waals surface area (Å²) in [5, 5.41) is 7.91. The number of nitrogens with zero attached hydrogens (tertiary/aromatic N) is 3. The summed E-state index contributed by atoms with van der Waals surface area (Å²) in [6, 6.07) is 13.2. The van der Waals surface area contributed by atoms with E-state index < -0.39 is 0 Å². The van der Waals surface area contributed by atoms with E-state index in [1.165, 1.54) is 0 Å². The highest BCUT2D eigenvalue weighted by atomic mass is 35.5. The number of oxime groups is 1. The van der Waals surface area contributed by atoms with Gasteiger partial charge in [0.1, 0.15) is 16.9 Å². The van der Waals surface area contributed by atoms with E-state index in [0.29, 0.717) is 34.5 Å². The van der Waals surface area contributed by atoms with Crippen LogP contribution in [0.4, 0.5) is 0 Å². The van der Waals surface area contributed by atoms with E-state index >= 15 is 0 Å². The lowest BCUT2D eigenvalue weighted by molar-refractivity contribution is 0.0364. The summed E-state index contributed by atoms with van der Waals surface area (Å²) in [4.78, 5) is 23.7. The summed E-state index contributed by atoms with van der Waals surface area (Å²) >= 11 is 12.7. The maximum absolute atomic E-state index is 12.7. The number of ether oxygens (including phenoxy) is 1. The molecule has 0 spiro atoms. The van der Waals surface area contributed by atoms with Crippen LogP contribution in [0, 0.1) is 0 Å². The zero-order chi connectivity index (χ0) is 25.9. The van der Waals surface area contributed by atoms with Crippen molar-refractivity contribution in [3.8, 4) is 5.75 Å². The molecule has 1 amide bonds. The summed E-state index contributed by atoms with van der Waals surface area (Å²) in [5.74, 6) is 0.247. The fourth-order valence-corrected chi connectivity index (χ4v) is 5.04. The maximum Gasteiger partial charge on any atom is 0.251 e. The molecule has 0 aliphatic carbocycles. The number of carbonyl (C=O) groups is 1. The molecule has 200 valence electrons. The Morgan fingerprint density at radius 3 is 2.51 bits per heavy atom. The van der Waals surface area contributed by atoms with E-state index in [4.69, 9.17) is 32.8 Å². The minimum atomic E-state index is -0.173. The number of benzene rings is 2. The molecule has 2 aromatic carbocycles. The molecule has 2 aliphatic rings. The summed E-state index contributed by atoms with van der Waals surface area (Å²) in [5.41, 5.74) is 1.45. The first kappa shape index (κ1) is 27.7. The third-order valence-electron chi connectivity index (χ3n) is 6.78. The summed E-state index contributed by atoms with van der Waals surface area (Å²) < 4.78 is 5.95. The van der Waals surface area contributed by atoms with Crippen molar-refractivity contribution in [1.82, 2.24) is 15.1 Å². The van der Waals surface area contributed by atoms with Crippen molar-refractivity contribution >= 4 is 35.3 Å². The van der Waals surface area contributed by atoms with E-state index in [9.17, 15) is 4.79 Å². The fourth-order valence-electron chi connectivity index (χ4n) is 4.66. The second-order valence-corrected chi connectivity index (χ2v) is 10.4. The number of carbonyl (C=O) groups excluding carboxylic acids is 1. The van der Waals surface area contributed by atoms with Gasteiger partial charge in [-0.3, -0.25) is 4.79 Å². The van der Waals surface area contributed by atoms with Gasteiger partial charge in [-0.25, -0.2) is 0 Å². The zero-order valence-electron chi connectivity index (χ0n) is 21.2. The Morgan fingerprint density at radius 1 is 0.946 bits per heavy atom. The lowest BCUT2D eigenvalue weighted by atomic mass is 10.1. The van der Waals surface area contributed by atoms with Crippen LogP contribution in [0.5, 0.6) is 5.75 Å². The standard InChI is InChI=1S/C28H36Cl2N4O3/c29-25-19-23-20-26(27(25)30)36-18-4-9-24(37-32-21-22-7-2-1-3-8-22)10-15-34-14-6-13-33(16-17-34)12-5-11-31-28(23)35/h1-3,7-8,19-21,24H,4-6,9-18H2,(H,31,35)/b32-21+. The number of hydrogen-bond acceptors (Lipinski definition) is 6. The van der Waals surface area contributed by atoms with Crippen LogP contribution in [-0.4, -0.2) is 80.4 Å². The van der Waals surface area contributed by atoms with Crippen molar-refractivity contribution in [3.05, 3.63) is 63.6 Å². The SMILES string of the molecule is O=C1NCCCN2CCCN(CCC(O/N=C/c3ccccc3)CCCOc3cc1cc(Cl)c3Cl)CC2. The average Bonchev–Trinajstić information content (AvgIpc) is 3.14. The number of nitrogens with one attached hydrogen (secondary N) is 1. The van der Waals surface area contributed by atoms with Crippen LogP contribution in [0.15, 0.2) is 47.6 Å². The van der Waals surface area contributed by atoms with Crippen molar-refractivity contribution in [2.75, 3.05) is 52.4 Å². The summed E-state index contributed by atoms with van der Waals surface area (Å²) in [6.45, 7) is 7.22. The van der Waals surface area contributed by atoms with Gasteiger partial charge in [0.05, 0.1) is 17.8 Å². The lowest BCUT2D eigenvalue weighted by Crippen LogP contribution is -2.34. The smallest absolute Gasteiger partial charge is 0.251 e. The monoisotopic (exact) mass is 546 g/mol. The van der Waals surface area contributed by atoms with Gasteiger partial charge >= 0.3 is 0 Å².